The lowest BCUT2D eigenvalue weighted by atomic mass is 9.93. The van der Waals surface area contributed by atoms with E-state index in [1.54, 1.807) is 16.8 Å². The normalized spacial score (nSPS) is 18.1. The number of hydrogen-bond donors (Lipinski definition) is 1. The Balaban J connectivity index is 2.08. The minimum Gasteiger partial charge on any atom is -0.343 e. The minimum absolute atomic E-state index is 0.00878. The summed E-state index contributed by atoms with van der Waals surface area (Å²) in [7, 11) is 1.80. The predicted molar refractivity (Wildman–Crippen MR) is 95.2 cm³/mol. The average molecular weight is 331 g/mol. The van der Waals surface area contributed by atoms with Gasteiger partial charge in [0.2, 0.25) is 11.8 Å². The van der Waals surface area contributed by atoms with Gasteiger partial charge in [0.15, 0.2) is 0 Å². The van der Waals surface area contributed by atoms with Crippen LogP contribution < -0.4 is 5.73 Å². The van der Waals surface area contributed by atoms with Crippen molar-refractivity contribution in [3.63, 3.8) is 0 Å². The van der Waals surface area contributed by atoms with E-state index in [0.717, 1.165) is 5.56 Å². The summed E-state index contributed by atoms with van der Waals surface area (Å²) in [6, 6.07) is 7.73. The monoisotopic (exact) mass is 331 g/mol. The molecule has 24 heavy (non-hydrogen) atoms. The van der Waals surface area contributed by atoms with Crippen LogP contribution in [0.2, 0.25) is 0 Å². The molecule has 0 spiro atoms. The van der Waals surface area contributed by atoms with Gasteiger partial charge in [0.1, 0.15) is 6.04 Å². The molecule has 0 aromatic heterocycles. The van der Waals surface area contributed by atoms with Crippen LogP contribution in [0.25, 0.3) is 0 Å². The standard InChI is InChI=1S/C19H29N3O2/c1-14-5-7-15(8-6-14)11-22-16(9-10-17(22)23)18(24)21(4)13-19(2,3)12-20/h5-8,16H,9-13,20H2,1-4H3. The van der Waals surface area contributed by atoms with Crippen molar-refractivity contribution in [3.8, 4) is 0 Å². The summed E-state index contributed by atoms with van der Waals surface area (Å²) in [6.07, 6.45) is 1.04. The summed E-state index contributed by atoms with van der Waals surface area (Å²) in [4.78, 5) is 28.5. The van der Waals surface area contributed by atoms with Gasteiger partial charge < -0.3 is 15.5 Å². The molecule has 0 bridgehead atoms. The quantitative estimate of drug-likeness (QED) is 0.866. The highest BCUT2D eigenvalue weighted by atomic mass is 16.2. The summed E-state index contributed by atoms with van der Waals surface area (Å²) < 4.78 is 0. The highest BCUT2D eigenvalue weighted by Gasteiger charge is 2.38. The second-order valence-corrected chi connectivity index (χ2v) is 7.62. The zero-order valence-corrected chi connectivity index (χ0v) is 15.2. The van der Waals surface area contributed by atoms with Crippen LogP contribution >= 0.6 is 0 Å². The second-order valence-electron chi connectivity index (χ2n) is 7.62. The zero-order chi connectivity index (χ0) is 17.9. The lowest BCUT2D eigenvalue weighted by Crippen LogP contribution is -2.48. The molecule has 0 aliphatic carbocycles. The number of likely N-dealkylation sites (N-methyl/N-ethyl adjacent to an activating group) is 1. The zero-order valence-electron chi connectivity index (χ0n) is 15.2. The van der Waals surface area contributed by atoms with E-state index in [1.165, 1.54) is 5.56 Å². The van der Waals surface area contributed by atoms with Crippen LogP contribution in [0.1, 0.15) is 37.8 Å². The molecule has 5 heteroatoms. The van der Waals surface area contributed by atoms with Gasteiger partial charge >= 0.3 is 0 Å². The van der Waals surface area contributed by atoms with Crippen molar-refractivity contribution in [3.05, 3.63) is 35.4 Å². The predicted octanol–water partition coefficient (Wildman–Crippen LogP) is 1.93. The van der Waals surface area contributed by atoms with Gasteiger partial charge in [-0.25, -0.2) is 0 Å². The Bertz CT molecular complexity index is 595. The van der Waals surface area contributed by atoms with Crippen LogP contribution in [0, 0.1) is 12.3 Å². The number of benzene rings is 1. The van der Waals surface area contributed by atoms with Crippen molar-refractivity contribution in [2.24, 2.45) is 11.1 Å². The van der Waals surface area contributed by atoms with Crippen LogP contribution in [-0.2, 0) is 16.1 Å². The van der Waals surface area contributed by atoms with Gasteiger partial charge in [-0.15, -0.1) is 0 Å². The van der Waals surface area contributed by atoms with E-state index in [0.29, 0.717) is 32.5 Å². The second kappa shape index (κ2) is 7.34. The summed E-state index contributed by atoms with van der Waals surface area (Å²) in [5.74, 6) is 0.0647. The number of nitrogens with two attached hydrogens (primary N) is 1. The summed E-state index contributed by atoms with van der Waals surface area (Å²) >= 11 is 0. The van der Waals surface area contributed by atoms with Crippen molar-refractivity contribution in [2.75, 3.05) is 20.1 Å². The molecule has 2 N–H and O–H groups in total. The molecular weight excluding hydrogens is 302 g/mol. The molecule has 1 heterocycles. The Morgan fingerprint density at radius 2 is 1.96 bits per heavy atom. The van der Waals surface area contributed by atoms with Crippen molar-refractivity contribution in [1.29, 1.82) is 0 Å². The lowest BCUT2D eigenvalue weighted by Gasteiger charge is -2.33. The maximum atomic E-state index is 12.8. The average Bonchev–Trinajstić information content (AvgIpc) is 2.89. The van der Waals surface area contributed by atoms with E-state index in [2.05, 4.69) is 0 Å². The highest BCUT2D eigenvalue weighted by molar-refractivity contribution is 5.90. The maximum Gasteiger partial charge on any atom is 0.245 e. The van der Waals surface area contributed by atoms with Crippen molar-refractivity contribution in [1.82, 2.24) is 9.80 Å². The molecule has 1 saturated heterocycles. The first-order valence-corrected chi connectivity index (χ1v) is 8.53. The molecule has 0 radical (unpaired) electrons. The van der Waals surface area contributed by atoms with E-state index < -0.39 is 0 Å². The number of carbonyl (C=O) groups excluding carboxylic acids is 2. The van der Waals surface area contributed by atoms with Crippen molar-refractivity contribution < 1.29 is 9.59 Å². The topological polar surface area (TPSA) is 66.6 Å². The Labute approximate surface area is 144 Å². The number of likely N-dealkylation sites (tertiary alicyclic amines) is 1. The molecule has 0 saturated carbocycles. The van der Waals surface area contributed by atoms with Crippen LogP contribution in [-0.4, -0.2) is 47.8 Å². The Morgan fingerprint density at radius 1 is 1.33 bits per heavy atom. The molecule has 1 aromatic rings. The SMILES string of the molecule is Cc1ccc(CN2C(=O)CCC2C(=O)N(C)CC(C)(C)CN)cc1. The van der Waals surface area contributed by atoms with Gasteiger partial charge in [-0.05, 0) is 30.9 Å². The van der Waals surface area contributed by atoms with Crippen molar-refractivity contribution in [2.45, 2.75) is 46.2 Å². The molecule has 1 atom stereocenters. The fourth-order valence-corrected chi connectivity index (χ4v) is 3.12. The summed E-state index contributed by atoms with van der Waals surface area (Å²) in [6.45, 7) is 7.71. The van der Waals surface area contributed by atoms with E-state index in [-0.39, 0.29) is 23.3 Å². The maximum absolute atomic E-state index is 12.8. The number of hydrogen-bond acceptors (Lipinski definition) is 3. The van der Waals surface area contributed by atoms with Crippen molar-refractivity contribution >= 4 is 11.8 Å². The summed E-state index contributed by atoms with van der Waals surface area (Å²) in [5.41, 5.74) is 7.88. The first-order chi connectivity index (χ1) is 11.2. The van der Waals surface area contributed by atoms with E-state index >= 15 is 0 Å². The molecular formula is C19H29N3O2. The van der Waals surface area contributed by atoms with E-state index in [9.17, 15) is 9.59 Å². The Hall–Kier alpha value is -1.88. The first-order valence-electron chi connectivity index (χ1n) is 8.53. The summed E-state index contributed by atoms with van der Waals surface area (Å²) in [5, 5.41) is 0. The van der Waals surface area contributed by atoms with E-state index in [1.807, 2.05) is 45.0 Å². The Kier molecular flexibility index (Phi) is 5.65. The van der Waals surface area contributed by atoms with Crippen LogP contribution in [0.15, 0.2) is 24.3 Å². The largest absolute Gasteiger partial charge is 0.343 e. The molecule has 132 valence electrons. The fourth-order valence-electron chi connectivity index (χ4n) is 3.12. The van der Waals surface area contributed by atoms with Gasteiger partial charge in [0.05, 0.1) is 0 Å². The van der Waals surface area contributed by atoms with E-state index in [4.69, 9.17) is 5.73 Å². The molecule has 5 nitrogen and oxygen atoms in total. The molecule has 1 fully saturated rings. The van der Waals surface area contributed by atoms with Crippen LogP contribution in [0.3, 0.4) is 0 Å². The van der Waals surface area contributed by atoms with Crippen LogP contribution in [0.4, 0.5) is 0 Å². The molecule has 2 amide bonds. The van der Waals surface area contributed by atoms with Gasteiger partial charge in [0, 0.05) is 26.6 Å². The molecule has 1 unspecified atom stereocenters. The Morgan fingerprint density at radius 3 is 2.54 bits per heavy atom. The molecule has 2 rings (SSSR count). The fraction of sp³-hybridized carbons (Fsp3) is 0.579. The number of nitrogens with zero attached hydrogens (tertiary/aromatic N) is 2. The van der Waals surface area contributed by atoms with Gasteiger partial charge in [-0.1, -0.05) is 43.7 Å². The molecule has 1 aliphatic heterocycles. The third-order valence-corrected chi connectivity index (χ3v) is 4.68. The lowest BCUT2D eigenvalue weighted by molar-refractivity contribution is -0.141. The molecule has 1 aromatic carbocycles. The number of aryl methyl sites for hydroxylation is 1. The number of amides is 2. The highest BCUT2D eigenvalue weighted by Crippen LogP contribution is 2.24. The van der Waals surface area contributed by atoms with Crippen LogP contribution in [0.5, 0.6) is 0 Å². The first kappa shape index (κ1) is 18.5. The smallest absolute Gasteiger partial charge is 0.245 e. The number of rotatable bonds is 6. The third kappa shape index (κ3) is 4.35. The van der Waals surface area contributed by atoms with Gasteiger partial charge in [-0.3, -0.25) is 9.59 Å². The molecule has 1 aliphatic rings. The third-order valence-electron chi connectivity index (χ3n) is 4.68. The minimum atomic E-state index is -0.364. The number of carbonyl (C=O) groups is 2. The van der Waals surface area contributed by atoms with Gasteiger partial charge in [0.25, 0.3) is 0 Å². The van der Waals surface area contributed by atoms with Gasteiger partial charge in [-0.2, -0.15) is 0 Å².